The summed E-state index contributed by atoms with van der Waals surface area (Å²) >= 11 is 0. The number of hydrogen-bond acceptors (Lipinski definition) is 8. The van der Waals surface area contributed by atoms with Crippen LogP contribution in [0.1, 0.15) is 34.3 Å². The molecule has 0 bridgehead atoms. The van der Waals surface area contributed by atoms with E-state index in [1.54, 1.807) is 12.1 Å². The zero-order valence-corrected chi connectivity index (χ0v) is 19.2. The highest BCUT2D eigenvalue weighted by Crippen LogP contribution is 2.29. The lowest BCUT2D eigenvalue weighted by Crippen LogP contribution is -2.52. The van der Waals surface area contributed by atoms with Crippen molar-refractivity contribution in [2.75, 3.05) is 59.4 Å². The number of nitrogens with two attached hydrogens (primary N) is 1. The summed E-state index contributed by atoms with van der Waals surface area (Å²) in [5.41, 5.74) is 7.38. The summed E-state index contributed by atoms with van der Waals surface area (Å²) in [5, 5.41) is 2.31. The molecular weight excluding hydrogens is 442 g/mol. The van der Waals surface area contributed by atoms with Crippen LogP contribution < -0.4 is 11.1 Å². The minimum atomic E-state index is -0.642. The molecule has 0 saturated carbocycles. The van der Waals surface area contributed by atoms with Crippen molar-refractivity contribution in [1.29, 1.82) is 0 Å². The summed E-state index contributed by atoms with van der Waals surface area (Å²) < 4.78 is 21.5. The topological polar surface area (TPSA) is 129 Å². The van der Waals surface area contributed by atoms with Crippen LogP contribution >= 0.6 is 0 Å². The lowest BCUT2D eigenvalue weighted by Gasteiger charge is -2.29. The van der Waals surface area contributed by atoms with Gasteiger partial charge in [0, 0.05) is 30.6 Å². The molecular formula is C24H31N3O7. The van der Waals surface area contributed by atoms with Crippen molar-refractivity contribution >= 4 is 17.7 Å². The molecule has 3 amide bonds. The van der Waals surface area contributed by atoms with E-state index >= 15 is 0 Å². The molecule has 1 fully saturated rings. The number of fused-ring (bicyclic) bond motifs is 1. The van der Waals surface area contributed by atoms with E-state index in [1.807, 2.05) is 6.07 Å². The lowest BCUT2D eigenvalue weighted by atomic mass is 10.0. The van der Waals surface area contributed by atoms with Gasteiger partial charge in [0.2, 0.25) is 11.8 Å². The van der Waals surface area contributed by atoms with Gasteiger partial charge in [0.25, 0.3) is 5.91 Å². The highest BCUT2D eigenvalue weighted by atomic mass is 16.6. The Kier molecular flexibility index (Phi) is 10.5. The van der Waals surface area contributed by atoms with Crippen molar-refractivity contribution in [2.24, 2.45) is 5.73 Å². The van der Waals surface area contributed by atoms with Crippen LogP contribution in [0.4, 0.5) is 0 Å². The van der Waals surface area contributed by atoms with Crippen LogP contribution in [-0.2, 0) is 35.1 Å². The van der Waals surface area contributed by atoms with E-state index in [2.05, 4.69) is 17.2 Å². The van der Waals surface area contributed by atoms with Crippen molar-refractivity contribution in [3.63, 3.8) is 0 Å². The molecule has 0 spiro atoms. The maximum Gasteiger partial charge on any atom is 0.255 e. The van der Waals surface area contributed by atoms with Gasteiger partial charge in [0.1, 0.15) is 12.6 Å². The Morgan fingerprint density at radius 3 is 2.32 bits per heavy atom. The van der Waals surface area contributed by atoms with Crippen molar-refractivity contribution < 1.29 is 33.3 Å². The Labute approximate surface area is 199 Å². The molecule has 1 saturated heterocycles. The van der Waals surface area contributed by atoms with Crippen LogP contribution in [0.5, 0.6) is 0 Å². The first-order valence-corrected chi connectivity index (χ1v) is 11.4. The Morgan fingerprint density at radius 1 is 0.971 bits per heavy atom. The number of amides is 3. The second-order valence-corrected chi connectivity index (χ2v) is 7.71. The predicted molar refractivity (Wildman–Crippen MR) is 122 cm³/mol. The molecule has 0 aliphatic carbocycles. The predicted octanol–water partition coefficient (Wildman–Crippen LogP) is -0.176. The monoisotopic (exact) mass is 473 g/mol. The van der Waals surface area contributed by atoms with Crippen molar-refractivity contribution in [1.82, 2.24) is 10.2 Å². The summed E-state index contributed by atoms with van der Waals surface area (Å²) in [6, 6.07) is 4.71. The molecule has 10 nitrogen and oxygen atoms in total. The maximum atomic E-state index is 12.8. The minimum Gasteiger partial charge on any atom is -0.378 e. The average molecular weight is 474 g/mol. The fourth-order valence-corrected chi connectivity index (χ4v) is 3.70. The van der Waals surface area contributed by atoms with Crippen molar-refractivity contribution in [3.8, 4) is 11.8 Å². The van der Waals surface area contributed by atoms with Crippen LogP contribution in [-0.4, -0.2) is 88.1 Å². The molecule has 1 atom stereocenters. The third kappa shape index (κ3) is 7.35. The third-order valence-corrected chi connectivity index (χ3v) is 5.36. The van der Waals surface area contributed by atoms with Gasteiger partial charge in [0.15, 0.2) is 0 Å². The van der Waals surface area contributed by atoms with Gasteiger partial charge in [-0.15, -0.1) is 0 Å². The summed E-state index contributed by atoms with van der Waals surface area (Å²) in [6.45, 7) is 4.39. The Hall–Kier alpha value is -2.81. The zero-order valence-electron chi connectivity index (χ0n) is 19.2. The fourth-order valence-electron chi connectivity index (χ4n) is 3.70. The number of nitrogens with zero attached hydrogens (tertiary/aromatic N) is 1. The number of hydrogen-bond donors (Lipinski definition) is 2. The van der Waals surface area contributed by atoms with Crippen LogP contribution in [0.15, 0.2) is 18.2 Å². The first kappa shape index (κ1) is 25.8. The van der Waals surface area contributed by atoms with E-state index in [0.717, 1.165) is 11.1 Å². The van der Waals surface area contributed by atoms with Gasteiger partial charge in [-0.05, 0) is 24.1 Å². The SMILES string of the molecule is NCCOCCOCCOCCOCC#Cc1cccc2c1CN(C1CCC(=O)NC1=O)C2=O. The lowest BCUT2D eigenvalue weighted by molar-refractivity contribution is -0.136. The minimum absolute atomic E-state index is 0.214. The number of nitrogens with one attached hydrogen (secondary N) is 1. The van der Waals surface area contributed by atoms with Crippen LogP contribution in [0.25, 0.3) is 0 Å². The molecule has 1 aromatic rings. The van der Waals surface area contributed by atoms with Gasteiger partial charge in [-0.3, -0.25) is 19.7 Å². The van der Waals surface area contributed by atoms with Gasteiger partial charge in [-0.1, -0.05) is 17.9 Å². The summed E-state index contributed by atoms with van der Waals surface area (Å²) in [6.07, 6.45) is 0.554. The van der Waals surface area contributed by atoms with Gasteiger partial charge in [0.05, 0.1) is 46.2 Å². The first-order chi connectivity index (χ1) is 16.6. The molecule has 10 heteroatoms. The molecule has 3 N–H and O–H groups in total. The number of ether oxygens (including phenoxy) is 4. The largest absolute Gasteiger partial charge is 0.378 e. The highest BCUT2D eigenvalue weighted by Gasteiger charge is 2.39. The molecule has 1 unspecified atom stereocenters. The van der Waals surface area contributed by atoms with E-state index in [0.29, 0.717) is 71.3 Å². The number of carbonyl (C=O) groups is 3. The van der Waals surface area contributed by atoms with Crippen molar-refractivity contribution in [3.05, 3.63) is 34.9 Å². The first-order valence-electron chi connectivity index (χ1n) is 11.4. The molecule has 0 aromatic heterocycles. The zero-order chi connectivity index (χ0) is 24.2. The molecule has 2 aliphatic heterocycles. The van der Waals surface area contributed by atoms with Gasteiger partial charge in [-0.2, -0.15) is 0 Å². The Bertz CT molecular complexity index is 925. The summed E-state index contributed by atoms with van der Waals surface area (Å²) in [7, 11) is 0. The Balaban J connectivity index is 1.36. The van der Waals surface area contributed by atoms with Gasteiger partial charge in [-0.25, -0.2) is 0 Å². The summed E-state index contributed by atoms with van der Waals surface area (Å²) in [5.74, 6) is 5.07. The quantitative estimate of drug-likeness (QED) is 0.229. The van der Waals surface area contributed by atoms with E-state index in [9.17, 15) is 14.4 Å². The number of carbonyl (C=O) groups excluding carboxylic acids is 3. The maximum absolute atomic E-state index is 12.8. The third-order valence-electron chi connectivity index (χ3n) is 5.36. The van der Waals surface area contributed by atoms with E-state index in [-0.39, 0.29) is 24.8 Å². The average Bonchev–Trinajstić information content (AvgIpc) is 3.16. The number of imide groups is 1. The molecule has 0 radical (unpaired) electrons. The van der Waals surface area contributed by atoms with Crippen LogP contribution in [0.2, 0.25) is 0 Å². The Morgan fingerprint density at radius 2 is 1.65 bits per heavy atom. The standard InChI is InChI=1S/C24H31N3O7/c25-8-10-32-12-14-34-16-15-33-13-11-31-9-2-4-18-3-1-5-19-20(18)17-27(24(19)30)21-6-7-22(28)26-23(21)29/h1,3,5,21H,6-17,25H2,(H,26,28,29). The molecule has 2 aliphatic rings. The van der Waals surface area contributed by atoms with Gasteiger partial charge >= 0.3 is 0 Å². The smallest absolute Gasteiger partial charge is 0.255 e. The van der Waals surface area contributed by atoms with Gasteiger partial charge < -0.3 is 29.6 Å². The number of piperidine rings is 1. The normalized spacial score (nSPS) is 17.4. The number of rotatable bonds is 13. The second kappa shape index (κ2) is 13.8. The van der Waals surface area contributed by atoms with E-state index < -0.39 is 11.9 Å². The molecule has 3 rings (SSSR count). The van der Waals surface area contributed by atoms with Crippen molar-refractivity contribution in [2.45, 2.75) is 25.4 Å². The number of benzene rings is 1. The summed E-state index contributed by atoms with van der Waals surface area (Å²) in [4.78, 5) is 38.0. The van der Waals surface area contributed by atoms with Crippen LogP contribution in [0.3, 0.4) is 0 Å². The molecule has 2 heterocycles. The van der Waals surface area contributed by atoms with E-state index in [4.69, 9.17) is 24.7 Å². The molecule has 1 aromatic carbocycles. The van der Waals surface area contributed by atoms with E-state index in [1.165, 1.54) is 4.90 Å². The second-order valence-electron chi connectivity index (χ2n) is 7.71. The highest BCUT2D eigenvalue weighted by molar-refractivity contribution is 6.05. The molecule has 34 heavy (non-hydrogen) atoms. The fraction of sp³-hybridized carbons (Fsp3) is 0.542. The van der Waals surface area contributed by atoms with Crippen LogP contribution in [0, 0.1) is 11.8 Å². The molecule has 184 valence electrons.